The minimum Gasteiger partial charge on any atom is -0.325 e. The van der Waals surface area contributed by atoms with E-state index < -0.39 is 34.2 Å². The van der Waals surface area contributed by atoms with Crippen LogP contribution in [0.15, 0.2) is 83.8 Å². The van der Waals surface area contributed by atoms with Gasteiger partial charge in [0.15, 0.2) is 5.78 Å². The van der Waals surface area contributed by atoms with Gasteiger partial charge < -0.3 is 5.32 Å². The molecule has 0 bridgehead atoms. The summed E-state index contributed by atoms with van der Waals surface area (Å²) >= 11 is 0. The Morgan fingerprint density at radius 2 is 1.56 bits per heavy atom. The van der Waals surface area contributed by atoms with E-state index in [0.29, 0.717) is 11.1 Å². The number of nitrogens with zero attached hydrogens (tertiary/aromatic N) is 1. The van der Waals surface area contributed by atoms with Crippen molar-refractivity contribution in [3.8, 4) is 0 Å². The average molecular weight is 491 g/mol. The highest BCUT2D eigenvalue weighted by Crippen LogP contribution is 2.30. The summed E-state index contributed by atoms with van der Waals surface area (Å²) in [4.78, 5) is 24.0. The average Bonchev–Trinajstić information content (AvgIpc) is 2.79. The van der Waals surface area contributed by atoms with E-state index in [2.05, 4.69) is 5.32 Å². The summed E-state index contributed by atoms with van der Waals surface area (Å²) in [5, 5.41) is 2.33. The first kappa shape index (κ1) is 25.1. The fourth-order valence-corrected chi connectivity index (χ4v) is 4.54. The largest absolute Gasteiger partial charge is 0.416 e. The molecular weight excluding hydrogens is 469 g/mol. The second kappa shape index (κ2) is 10.2. The molecule has 34 heavy (non-hydrogen) atoms. The van der Waals surface area contributed by atoms with E-state index >= 15 is 0 Å². The standard InChI is InChI=1S/C24H21F3N2O4S/c1-17(30)19-10-12-22(13-11-19)34(32,33)29(15-18-6-3-2-4-7-18)16-23(31)28-21-9-5-8-20(14-21)24(25,26)27/h2-14H,15-16H2,1H3,(H,28,31). The Morgan fingerprint density at radius 3 is 2.15 bits per heavy atom. The molecule has 3 rings (SSSR count). The number of carbonyl (C=O) groups is 2. The zero-order valence-electron chi connectivity index (χ0n) is 18.0. The van der Waals surface area contributed by atoms with Gasteiger partial charge in [0, 0.05) is 17.8 Å². The quantitative estimate of drug-likeness (QED) is 0.463. The molecule has 178 valence electrons. The molecule has 0 unspecified atom stereocenters. The summed E-state index contributed by atoms with van der Waals surface area (Å²) in [5.74, 6) is -1.04. The van der Waals surface area contributed by atoms with Crippen molar-refractivity contribution in [1.82, 2.24) is 4.31 Å². The molecule has 0 heterocycles. The molecule has 0 saturated carbocycles. The number of sulfonamides is 1. The fraction of sp³-hybridized carbons (Fsp3) is 0.167. The molecule has 0 fully saturated rings. The van der Waals surface area contributed by atoms with Crippen molar-refractivity contribution in [2.24, 2.45) is 0 Å². The molecule has 0 spiro atoms. The monoisotopic (exact) mass is 490 g/mol. The number of rotatable bonds is 8. The molecule has 0 aliphatic heterocycles. The lowest BCUT2D eigenvalue weighted by atomic mass is 10.2. The van der Waals surface area contributed by atoms with Crippen molar-refractivity contribution in [3.63, 3.8) is 0 Å². The highest BCUT2D eigenvalue weighted by atomic mass is 32.2. The van der Waals surface area contributed by atoms with Gasteiger partial charge in [0.2, 0.25) is 15.9 Å². The number of halogens is 3. The summed E-state index contributed by atoms with van der Waals surface area (Å²) in [5.41, 5.74) is -0.110. The van der Waals surface area contributed by atoms with Crippen LogP contribution in [0.4, 0.5) is 18.9 Å². The molecule has 3 aromatic rings. The zero-order chi connectivity index (χ0) is 24.9. The van der Waals surface area contributed by atoms with Crippen LogP contribution in [0.25, 0.3) is 0 Å². The number of carbonyl (C=O) groups excluding carboxylic acids is 2. The number of hydrogen-bond acceptors (Lipinski definition) is 4. The van der Waals surface area contributed by atoms with Gasteiger partial charge in [-0.1, -0.05) is 48.5 Å². The number of nitrogens with one attached hydrogen (secondary N) is 1. The number of hydrogen-bond donors (Lipinski definition) is 1. The number of anilines is 1. The maximum atomic E-state index is 13.3. The van der Waals surface area contributed by atoms with Gasteiger partial charge in [-0.2, -0.15) is 17.5 Å². The second-order valence-electron chi connectivity index (χ2n) is 7.47. The van der Waals surface area contributed by atoms with Crippen LogP contribution in [-0.4, -0.2) is 31.0 Å². The Bertz CT molecular complexity index is 1280. The Balaban J connectivity index is 1.87. The lowest BCUT2D eigenvalue weighted by Crippen LogP contribution is -2.37. The van der Waals surface area contributed by atoms with Crippen molar-refractivity contribution < 1.29 is 31.2 Å². The van der Waals surface area contributed by atoms with Gasteiger partial charge in [-0.05, 0) is 42.8 Å². The minimum atomic E-state index is -4.59. The van der Waals surface area contributed by atoms with Gasteiger partial charge in [-0.3, -0.25) is 9.59 Å². The molecule has 0 radical (unpaired) electrons. The van der Waals surface area contributed by atoms with Crippen molar-refractivity contribution in [1.29, 1.82) is 0 Å². The van der Waals surface area contributed by atoms with Crippen molar-refractivity contribution in [3.05, 3.63) is 95.6 Å². The van der Waals surface area contributed by atoms with E-state index in [1.807, 2.05) is 0 Å². The molecule has 1 amide bonds. The van der Waals surface area contributed by atoms with E-state index in [9.17, 15) is 31.2 Å². The molecule has 0 aliphatic rings. The van der Waals surface area contributed by atoms with Crippen molar-refractivity contribution in [2.45, 2.75) is 24.5 Å². The third kappa shape index (κ3) is 6.30. The van der Waals surface area contributed by atoms with Gasteiger partial charge in [-0.25, -0.2) is 8.42 Å². The number of Topliss-reactive ketones (excluding diaryl/α,β-unsaturated/α-hetero) is 1. The van der Waals surface area contributed by atoms with E-state index in [-0.39, 0.29) is 22.9 Å². The van der Waals surface area contributed by atoms with Crippen LogP contribution in [0.3, 0.4) is 0 Å². The van der Waals surface area contributed by atoms with Crippen LogP contribution in [-0.2, 0) is 27.5 Å². The Hall–Kier alpha value is -3.50. The highest BCUT2D eigenvalue weighted by Gasteiger charge is 2.31. The van der Waals surface area contributed by atoms with Crippen LogP contribution in [0, 0.1) is 0 Å². The summed E-state index contributed by atoms with van der Waals surface area (Å²) in [7, 11) is -4.18. The first-order valence-corrected chi connectivity index (χ1v) is 11.5. The maximum absolute atomic E-state index is 13.3. The second-order valence-corrected chi connectivity index (χ2v) is 9.40. The molecule has 0 saturated heterocycles. The highest BCUT2D eigenvalue weighted by molar-refractivity contribution is 7.89. The van der Waals surface area contributed by atoms with Crippen LogP contribution < -0.4 is 5.32 Å². The number of ketones is 1. The molecule has 10 heteroatoms. The first-order chi connectivity index (χ1) is 16.0. The number of amides is 1. The fourth-order valence-electron chi connectivity index (χ4n) is 3.16. The van der Waals surface area contributed by atoms with Crippen LogP contribution in [0.1, 0.15) is 28.4 Å². The van der Waals surface area contributed by atoms with Gasteiger partial charge in [0.25, 0.3) is 0 Å². The van der Waals surface area contributed by atoms with Gasteiger partial charge in [0.1, 0.15) is 0 Å². The molecular formula is C24H21F3N2O4S. The molecule has 1 N–H and O–H groups in total. The van der Waals surface area contributed by atoms with Crippen molar-refractivity contribution >= 4 is 27.4 Å². The number of alkyl halides is 3. The molecule has 3 aromatic carbocycles. The van der Waals surface area contributed by atoms with Gasteiger partial charge in [0.05, 0.1) is 17.0 Å². The molecule has 0 atom stereocenters. The lowest BCUT2D eigenvalue weighted by Gasteiger charge is -2.22. The minimum absolute atomic E-state index is 0.109. The lowest BCUT2D eigenvalue weighted by molar-refractivity contribution is -0.137. The van der Waals surface area contributed by atoms with Crippen LogP contribution >= 0.6 is 0 Å². The number of benzene rings is 3. The third-order valence-electron chi connectivity index (χ3n) is 4.89. The van der Waals surface area contributed by atoms with Gasteiger partial charge >= 0.3 is 6.18 Å². The Labute approximate surface area is 195 Å². The SMILES string of the molecule is CC(=O)c1ccc(S(=O)(=O)N(CC(=O)Nc2cccc(C(F)(F)F)c2)Cc2ccccc2)cc1. The summed E-state index contributed by atoms with van der Waals surface area (Å²) in [6.07, 6.45) is -4.59. The van der Waals surface area contributed by atoms with E-state index in [4.69, 9.17) is 0 Å². The van der Waals surface area contributed by atoms with E-state index in [0.717, 1.165) is 22.5 Å². The smallest absolute Gasteiger partial charge is 0.325 e. The van der Waals surface area contributed by atoms with Crippen LogP contribution in [0.2, 0.25) is 0 Å². The van der Waals surface area contributed by atoms with Crippen molar-refractivity contribution in [2.75, 3.05) is 11.9 Å². The molecule has 0 aliphatic carbocycles. The normalized spacial score (nSPS) is 11.9. The van der Waals surface area contributed by atoms with Crippen LogP contribution in [0.5, 0.6) is 0 Å². The van der Waals surface area contributed by atoms with E-state index in [1.165, 1.54) is 37.3 Å². The zero-order valence-corrected chi connectivity index (χ0v) is 18.9. The maximum Gasteiger partial charge on any atom is 0.416 e. The predicted octanol–water partition coefficient (Wildman–Crippen LogP) is 4.74. The molecule has 6 nitrogen and oxygen atoms in total. The topological polar surface area (TPSA) is 83.6 Å². The van der Waals surface area contributed by atoms with E-state index in [1.54, 1.807) is 30.3 Å². The summed E-state index contributed by atoms with van der Waals surface area (Å²) in [6.45, 7) is 0.568. The Morgan fingerprint density at radius 1 is 0.912 bits per heavy atom. The van der Waals surface area contributed by atoms with Gasteiger partial charge in [-0.15, -0.1) is 0 Å². The first-order valence-electron chi connectivity index (χ1n) is 10.1. The Kier molecular flexibility index (Phi) is 7.53. The molecule has 0 aromatic heterocycles. The summed E-state index contributed by atoms with van der Waals surface area (Å²) in [6, 6.07) is 17.9. The third-order valence-corrected chi connectivity index (χ3v) is 6.70. The predicted molar refractivity (Wildman–Crippen MR) is 121 cm³/mol. The summed E-state index contributed by atoms with van der Waals surface area (Å²) < 4.78 is 66.4.